The molecule has 3 aromatic rings. The molecule has 4 rings (SSSR count). The molecule has 0 amide bonds. The average Bonchev–Trinajstić information content (AvgIpc) is 3.34. The lowest BCUT2D eigenvalue weighted by molar-refractivity contribution is -0.151. The quantitative estimate of drug-likeness (QED) is 0.738. The fraction of sp³-hybridized carbons (Fsp3) is 0.381. The van der Waals surface area contributed by atoms with Gasteiger partial charge in [0.1, 0.15) is 0 Å². The van der Waals surface area contributed by atoms with Gasteiger partial charge in [-0.15, -0.1) is 0 Å². The maximum absolute atomic E-state index is 12.1. The van der Waals surface area contributed by atoms with E-state index in [1.807, 2.05) is 30.1 Å². The van der Waals surface area contributed by atoms with Crippen molar-refractivity contribution in [2.45, 2.75) is 38.8 Å². The fourth-order valence-corrected chi connectivity index (χ4v) is 3.99. The van der Waals surface area contributed by atoms with Gasteiger partial charge in [0.25, 0.3) is 0 Å². The van der Waals surface area contributed by atoms with Crippen LogP contribution < -0.4 is 0 Å². The van der Waals surface area contributed by atoms with Crippen LogP contribution in [0, 0.1) is 13.8 Å². The molecule has 1 saturated heterocycles. The summed E-state index contributed by atoms with van der Waals surface area (Å²) < 4.78 is 3.52. The number of carboxylic acids is 1. The molecule has 0 aliphatic carbocycles. The number of aromatic nitrogens is 4. The molecule has 1 aromatic carbocycles. The zero-order valence-corrected chi connectivity index (χ0v) is 16.2. The molecule has 0 atom stereocenters. The van der Waals surface area contributed by atoms with Crippen molar-refractivity contribution in [3.63, 3.8) is 0 Å². The van der Waals surface area contributed by atoms with E-state index < -0.39 is 11.5 Å². The molecule has 0 radical (unpaired) electrons. The van der Waals surface area contributed by atoms with Crippen molar-refractivity contribution < 1.29 is 9.90 Å². The molecule has 1 N–H and O–H groups in total. The van der Waals surface area contributed by atoms with Crippen LogP contribution in [-0.2, 0) is 16.9 Å². The zero-order chi connectivity index (χ0) is 19.7. The summed E-state index contributed by atoms with van der Waals surface area (Å²) in [7, 11) is 0. The number of likely N-dealkylation sites (tertiary alicyclic amines) is 1. The number of rotatable bonds is 5. The highest BCUT2D eigenvalue weighted by Gasteiger charge is 2.44. The van der Waals surface area contributed by atoms with Crippen molar-refractivity contribution >= 4 is 5.97 Å². The number of aryl methyl sites for hydroxylation is 2. The van der Waals surface area contributed by atoms with E-state index in [1.165, 1.54) is 11.1 Å². The van der Waals surface area contributed by atoms with Crippen LogP contribution in [0.1, 0.15) is 29.5 Å². The summed E-state index contributed by atoms with van der Waals surface area (Å²) in [6.45, 7) is 6.20. The second-order valence-corrected chi connectivity index (χ2v) is 7.66. The molecular formula is C21H25N5O2. The second-order valence-electron chi connectivity index (χ2n) is 7.66. The van der Waals surface area contributed by atoms with Gasteiger partial charge >= 0.3 is 5.97 Å². The first-order chi connectivity index (χ1) is 13.5. The van der Waals surface area contributed by atoms with Gasteiger partial charge in [0.2, 0.25) is 0 Å². The Kier molecular flexibility index (Phi) is 4.77. The summed E-state index contributed by atoms with van der Waals surface area (Å²) in [6, 6.07) is 8.28. The molecular weight excluding hydrogens is 354 g/mol. The minimum atomic E-state index is -0.956. The Labute approximate surface area is 164 Å². The van der Waals surface area contributed by atoms with E-state index in [0.717, 1.165) is 17.8 Å². The summed E-state index contributed by atoms with van der Waals surface area (Å²) in [5.74, 6) is -0.803. The number of carboxylic acid groups (broad SMARTS) is 1. The first-order valence-electron chi connectivity index (χ1n) is 9.55. The van der Waals surface area contributed by atoms with Gasteiger partial charge in [0, 0.05) is 38.2 Å². The molecule has 28 heavy (non-hydrogen) atoms. The number of aliphatic carboxylic acids is 1. The van der Waals surface area contributed by atoms with Crippen molar-refractivity contribution in [3.05, 3.63) is 65.7 Å². The summed E-state index contributed by atoms with van der Waals surface area (Å²) >= 11 is 0. The van der Waals surface area contributed by atoms with Gasteiger partial charge in [-0.2, -0.15) is 10.2 Å². The monoisotopic (exact) mass is 379 g/mol. The van der Waals surface area contributed by atoms with E-state index >= 15 is 0 Å². The smallest absolute Gasteiger partial charge is 0.331 e. The van der Waals surface area contributed by atoms with Crippen molar-refractivity contribution in [3.8, 4) is 5.69 Å². The number of benzene rings is 1. The SMILES string of the molecule is Cc1ccc(-n2cccn2)c(CN2CCC(C(=O)O)(n3cc(C)cn3)CC2)c1. The minimum Gasteiger partial charge on any atom is -0.479 e. The van der Waals surface area contributed by atoms with Gasteiger partial charge < -0.3 is 5.11 Å². The van der Waals surface area contributed by atoms with Crippen molar-refractivity contribution in [1.82, 2.24) is 24.5 Å². The molecule has 0 spiro atoms. The topological polar surface area (TPSA) is 76.2 Å². The highest BCUT2D eigenvalue weighted by atomic mass is 16.4. The standard InChI is InChI=1S/C21H25N5O2/c1-16-4-5-19(25-9-3-8-22-25)18(12-16)15-24-10-6-21(7-11-24,20(27)28)26-14-17(2)13-23-26/h3-5,8-9,12-14H,6-7,10-11,15H2,1-2H3,(H,27,28). The number of hydrogen-bond donors (Lipinski definition) is 1. The van der Waals surface area contributed by atoms with Gasteiger partial charge in [0.15, 0.2) is 5.54 Å². The van der Waals surface area contributed by atoms with Crippen molar-refractivity contribution in [2.24, 2.45) is 0 Å². The predicted octanol–water partition coefficient (Wildman–Crippen LogP) is 2.76. The Balaban J connectivity index is 1.54. The Morgan fingerprint density at radius 2 is 1.96 bits per heavy atom. The molecule has 1 aliphatic rings. The molecule has 0 unspecified atom stereocenters. The average molecular weight is 379 g/mol. The third-order valence-corrected chi connectivity index (χ3v) is 5.61. The normalized spacial score (nSPS) is 16.9. The lowest BCUT2D eigenvalue weighted by Crippen LogP contribution is -2.51. The zero-order valence-electron chi connectivity index (χ0n) is 16.2. The Morgan fingerprint density at radius 1 is 1.18 bits per heavy atom. The van der Waals surface area contributed by atoms with Gasteiger partial charge in [-0.25, -0.2) is 9.48 Å². The van der Waals surface area contributed by atoms with Crippen LogP contribution in [0.5, 0.6) is 0 Å². The number of nitrogens with zero attached hydrogens (tertiary/aromatic N) is 5. The number of piperidine rings is 1. The van der Waals surface area contributed by atoms with E-state index in [2.05, 4.69) is 40.2 Å². The fourth-order valence-electron chi connectivity index (χ4n) is 3.99. The molecule has 7 heteroatoms. The molecule has 1 aliphatic heterocycles. The van der Waals surface area contributed by atoms with E-state index in [4.69, 9.17) is 0 Å². The molecule has 3 heterocycles. The van der Waals surface area contributed by atoms with E-state index in [-0.39, 0.29) is 0 Å². The summed E-state index contributed by atoms with van der Waals surface area (Å²) in [6.07, 6.45) is 8.34. The van der Waals surface area contributed by atoms with E-state index in [1.54, 1.807) is 17.1 Å². The van der Waals surface area contributed by atoms with Crippen LogP contribution in [0.25, 0.3) is 5.69 Å². The molecule has 0 saturated carbocycles. The van der Waals surface area contributed by atoms with Crippen LogP contribution in [0.2, 0.25) is 0 Å². The highest BCUT2D eigenvalue weighted by Crippen LogP contribution is 2.31. The molecule has 2 aromatic heterocycles. The summed E-state index contributed by atoms with van der Waals surface area (Å²) in [4.78, 5) is 14.4. The van der Waals surface area contributed by atoms with E-state index in [9.17, 15) is 9.90 Å². The second kappa shape index (κ2) is 7.24. The third-order valence-electron chi connectivity index (χ3n) is 5.61. The van der Waals surface area contributed by atoms with Crippen molar-refractivity contribution in [2.75, 3.05) is 13.1 Å². The number of hydrogen-bond acceptors (Lipinski definition) is 4. The minimum absolute atomic E-state index is 0.534. The predicted molar refractivity (Wildman–Crippen MR) is 105 cm³/mol. The van der Waals surface area contributed by atoms with Crippen LogP contribution >= 0.6 is 0 Å². The molecule has 7 nitrogen and oxygen atoms in total. The summed E-state index contributed by atoms with van der Waals surface area (Å²) in [5.41, 5.74) is 3.48. The van der Waals surface area contributed by atoms with Gasteiger partial charge in [-0.3, -0.25) is 9.58 Å². The maximum Gasteiger partial charge on any atom is 0.331 e. The highest BCUT2D eigenvalue weighted by molar-refractivity contribution is 5.76. The first-order valence-corrected chi connectivity index (χ1v) is 9.55. The van der Waals surface area contributed by atoms with Crippen LogP contribution in [0.15, 0.2) is 49.1 Å². The lowest BCUT2D eigenvalue weighted by Gasteiger charge is -2.39. The van der Waals surface area contributed by atoms with Gasteiger partial charge in [0.05, 0.1) is 11.9 Å². The van der Waals surface area contributed by atoms with E-state index in [0.29, 0.717) is 25.9 Å². The maximum atomic E-state index is 12.1. The van der Waals surface area contributed by atoms with Crippen LogP contribution in [0.3, 0.4) is 0 Å². The Bertz CT molecular complexity index is 969. The molecule has 146 valence electrons. The first kappa shape index (κ1) is 18.4. The Morgan fingerprint density at radius 3 is 2.57 bits per heavy atom. The van der Waals surface area contributed by atoms with Crippen molar-refractivity contribution in [1.29, 1.82) is 0 Å². The lowest BCUT2D eigenvalue weighted by atomic mass is 9.87. The van der Waals surface area contributed by atoms with Crippen LogP contribution in [-0.4, -0.2) is 48.6 Å². The number of carbonyl (C=O) groups is 1. The van der Waals surface area contributed by atoms with Gasteiger partial charge in [-0.1, -0.05) is 17.7 Å². The third kappa shape index (κ3) is 3.33. The summed E-state index contributed by atoms with van der Waals surface area (Å²) in [5, 5.41) is 18.6. The van der Waals surface area contributed by atoms with Gasteiger partial charge in [-0.05, 0) is 49.9 Å². The largest absolute Gasteiger partial charge is 0.479 e. The Hall–Kier alpha value is -2.93. The van der Waals surface area contributed by atoms with Crippen LogP contribution in [0.4, 0.5) is 0 Å². The molecule has 1 fully saturated rings. The molecule has 0 bridgehead atoms.